The van der Waals surface area contributed by atoms with Crippen LogP contribution in [0.1, 0.15) is 21.6 Å². The first-order valence-electron chi connectivity index (χ1n) is 6.14. The summed E-state index contributed by atoms with van der Waals surface area (Å²) in [5, 5.41) is 11.5. The van der Waals surface area contributed by atoms with Crippen LogP contribution in [0.4, 0.5) is 10.1 Å². The number of anilines is 1. The van der Waals surface area contributed by atoms with Crippen LogP contribution in [0, 0.1) is 12.7 Å². The molecular formula is C15H13FN2O3. The van der Waals surface area contributed by atoms with E-state index in [2.05, 4.69) is 10.3 Å². The third-order valence-electron chi connectivity index (χ3n) is 2.87. The summed E-state index contributed by atoms with van der Waals surface area (Å²) in [6, 6.07) is 6.02. The zero-order valence-corrected chi connectivity index (χ0v) is 11.2. The minimum atomic E-state index is -1.14. The van der Waals surface area contributed by atoms with Crippen LogP contribution in [-0.4, -0.2) is 22.0 Å². The Balaban J connectivity index is 2.13. The maximum Gasteiger partial charge on any atom is 0.339 e. The monoisotopic (exact) mass is 288 g/mol. The van der Waals surface area contributed by atoms with Gasteiger partial charge in [0, 0.05) is 23.5 Å². The molecule has 1 aromatic carbocycles. The van der Waals surface area contributed by atoms with Gasteiger partial charge < -0.3 is 15.4 Å². The summed E-state index contributed by atoms with van der Waals surface area (Å²) >= 11 is 0. The van der Waals surface area contributed by atoms with Gasteiger partial charge in [-0.15, -0.1) is 0 Å². The summed E-state index contributed by atoms with van der Waals surface area (Å²) in [4.78, 5) is 25.6. The standard InChI is InChI=1S/C15H13FN2O3/c1-9-14(15(20)21)12(8-17-9)18-13(19)7-6-10-4-2-3-5-11(10)16/h2-8,17H,1H3,(H,18,19)(H,20,21)/b7-6+. The molecule has 108 valence electrons. The van der Waals surface area contributed by atoms with E-state index >= 15 is 0 Å². The lowest BCUT2D eigenvalue weighted by atomic mass is 10.2. The van der Waals surface area contributed by atoms with Crippen molar-refractivity contribution >= 4 is 23.6 Å². The number of amides is 1. The number of carboxylic acid groups (broad SMARTS) is 1. The molecule has 0 aliphatic rings. The van der Waals surface area contributed by atoms with Gasteiger partial charge in [-0.1, -0.05) is 18.2 Å². The van der Waals surface area contributed by atoms with Crippen molar-refractivity contribution < 1.29 is 19.1 Å². The normalized spacial score (nSPS) is 10.8. The van der Waals surface area contributed by atoms with E-state index in [4.69, 9.17) is 5.11 Å². The molecule has 0 bridgehead atoms. The number of halogens is 1. The predicted octanol–water partition coefficient (Wildman–Crippen LogP) is 2.81. The number of hydrogen-bond acceptors (Lipinski definition) is 2. The smallest absolute Gasteiger partial charge is 0.339 e. The number of nitrogens with one attached hydrogen (secondary N) is 2. The molecule has 0 aliphatic heterocycles. The zero-order valence-electron chi connectivity index (χ0n) is 11.2. The molecule has 6 heteroatoms. The van der Waals surface area contributed by atoms with Crippen LogP contribution in [0.3, 0.4) is 0 Å². The fraction of sp³-hybridized carbons (Fsp3) is 0.0667. The Morgan fingerprint density at radius 1 is 1.33 bits per heavy atom. The number of carboxylic acids is 1. The summed E-state index contributed by atoms with van der Waals surface area (Å²) in [5.41, 5.74) is 0.887. The summed E-state index contributed by atoms with van der Waals surface area (Å²) in [6.07, 6.45) is 3.87. The molecule has 0 radical (unpaired) electrons. The molecule has 0 unspecified atom stereocenters. The van der Waals surface area contributed by atoms with Gasteiger partial charge in [-0.2, -0.15) is 0 Å². The Labute approximate surface area is 120 Å². The maximum atomic E-state index is 13.4. The van der Waals surface area contributed by atoms with Crippen LogP contribution in [0.25, 0.3) is 6.08 Å². The fourth-order valence-corrected chi connectivity index (χ4v) is 1.85. The van der Waals surface area contributed by atoms with Gasteiger partial charge in [0.1, 0.15) is 11.4 Å². The molecule has 5 nitrogen and oxygen atoms in total. The number of hydrogen-bond donors (Lipinski definition) is 3. The highest BCUT2D eigenvalue weighted by Gasteiger charge is 2.16. The maximum absolute atomic E-state index is 13.4. The second-order valence-corrected chi connectivity index (χ2v) is 4.35. The quantitative estimate of drug-likeness (QED) is 0.756. The van der Waals surface area contributed by atoms with Crippen molar-refractivity contribution in [2.75, 3.05) is 5.32 Å². The van der Waals surface area contributed by atoms with Crippen molar-refractivity contribution in [3.63, 3.8) is 0 Å². The third kappa shape index (κ3) is 3.36. The second kappa shape index (κ2) is 6.04. The summed E-state index contributed by atoms with van der Waals surface area (Å²) in [5.74, 6) is -2.12. The van der Waals surface area contributed by atoms with E-state index in [0.717, 1.165) is 6.08 Å². The predicted molar refractivity (Wildman–Crippen MR) is 76.6 cm³/mol. The fourth-order valence-electron chi connectivity index (χ4n) is 1.85. The number of aromatic carboxylic acids is 1. The molecule has 0 fully saturated rings. The zero-order chi connectivity index (χ0) is 15.4. The van der Waals surface area contributed by atoms with Gasteiger partial charge >= 0.3 is 5.97 Å². The molecule has 0 atom stereocenters. The van der Waals surface area contributed by atoms with E-state index in [1.165, 1.54) is 24.4 Å². The number of carbonyl (C=O) groups is 2. The van der Waals surface area contributed by atoms with Crippen molar-refractivity contribution in [1.82, 2.24) is 4.98 Å². The highest BCUT2D eigenvalue weighted by atomic mass is 19.1. The van der Waals surface area contributed by atoms with Crippen molar-refractivity contribution in [3.05, 3.63) is 59.2 Å². The van der Waals surface area contributed by atoms with Gasteiger partial charge in [-0.05, 0) is 19.1 Å². The molecule has 3 N–H and O–H groups in total. The third-order valence-corrected chi connectivity index (χ3v) is 2.87. The number of aromatic nitrogens is 1. The molecule has 0 spiro atoms. The van der Waals surface area contributed by atoms with Crippen LogP contribution >= 0.6 is 0 Å². The van der Waals surface area contributed by atoms with Crippen LogP contribution in [0.5, 0.6) is 0 Å². The molecule has 0 aliphatic carbocycles. The lowest BCUT2D eigenvalue weighted by molar-refractivity contribution is -0.111. The highest BCUT2D eigenvalue weighted by molar-refractivity contribution is 6.06. The van der Waals surface area contributed by atoms with Gasteiger partial charge in [-0.3, -0.25) is 4.79 Å². The first-order valence-corrected chi connectivity index (χ1v) is 6.14. The van der Waals surface area contributed by atoms with Crippen LogP contribution < -0.4 is 5.32 Å². The van der Waals surface area contributed by atoms with Crippen molar-refractivity contribution in [2.45, 2.75) is 6.92 Å². The van der Waals surface area contributed by atoms with E-state index in [1.54, 1.807) is 19.1 Å². The van der Waals surface area contributed by atoms with Gasteiger partial charge in [0.25, 0.3) is 0 Å². The van der Waals surface area contributed by atoms with E-state index in [1.807, 2.05) is 0 Å². The van der Waals surface area contributed by atoms with Crippen LogP contribution in [0.2, 0.25) is 0 Å². The Bertz CT molecular complexity index is 719. The lowest BCUT2D eigenvalue weighted by Crippen LogP contribution is -2.11. The van der Waals surface area contributed by atoms with Crippen LogP contribution in [-0.2, 0) is 4.79 Å². The Hall–Kier alpha value is -2.89. The van der Waals surface area contributed by atoms with Crippen molar-refractivity contribution in [2.24, 2.45) is 0 Å². The summed E-state index contributed by atoms with van der Waals surface area (Å²) in [7, 11) is 0. The van der Waals surface area contributed by atoms with Gasteiger partial charge in [0.2, 0.25) is 5.91 Å². The molecular weight excluding hydrogens is 275 g/mol. The molecule has 1 aromatic heterocycles. The first kappa shape index (κ1) is 14.5. The van der Waals surface area contributed by atoms with E-state index in [-0.39, 0.29) is 16.8 Å². The summed E-state index contributed by atoms with van der Waals surface area (Å²) in [6.45, 7) is 1.59. The number of aromatic amines is 1. The molecule has 21 heavy (non-hydrogen) atoms. The van der Waals surface area contributed by atoms with Crippen molar-refractivity contribution in [3.8, 4) is 0 Å². The topological polar surface area (TPSA) is 82.2 Å². The van der Waals surface area contributed by atoms with E-state index in [9.17, 15) is 14.0 Å². The number of benzene rings is 1. The van der Waals surface area contributed by atoms with Gasteiger partial charge in [-0.25, -0.2) is 9.18 Å². The number of carbonyl (C=O) groups excluding carboxylic acids is 1. The molecule has 0 saturated carbocycles. The largest absolute Gasteiger partial charge is 0.478 e. The molecule has 2 aromatic rings. The molecule has 1 amide bonds. The van der Waals surface area contributed by atoms with Gasteiger partial charge in [0.05, 0.1) is 5.69 Å². The summed E-state index contributed by atoms with van der Waals surface area (Å²) < 4.78 is 13.4. The van der Waals surface area contributed by atoms with Gasteiger partial charge in [0.15, 0.2) is 0 Å². The van der Waals surface area contributed by atoms with E-state index < -0.39 is 17.7 Å². The minimum absolute atomic E-state index is 0.00245. The minimum Gasteiger partial charge on any atom is -0.478 e. The molecule has 1 heterocycles. The van der Waals surface area contributed by atoms with Crippen molar-refractivity contribution in [1.29, 1.82) is 0 Å². The van der Waals surface area contributed by atoms with Crippen LogP contribution in [0.15, 0.2) is 36.5 Å². The molecule has 0 saturated heterocycles. The number of aryl methyl sites for hydroxylation is 1. The first-order chi connectivity index (χ1) is 9.99. The average molecular weight is 288 g/mol. The number of H-pyrrole nitrogens is 1. The second-order valence-electron chi connectivity index (χ2n) is 4.35. The average Bonchev–Trinajstić information content (AvgIpc) is 2.79. The Morgan fingerprint density at radius 2 is 2.05 bits per heavy atom. The SMILES string of the molecule is Cc1[nH]cc(NC(=O)/C=C/c2ccccc2F)c1C(=O)O. The Morgan fingerprint density at radius 3 is 2.71 bits per heavy atom. The molecule has 2 rings (SSSR count). The highest BCUT2D eigenvalue weighted by Crippen LogP contribution is 2.19. The Kier molecular flexibility index (Phi) is 4.18. The number of rotatable bonds is 4. The lowest BCUT2D eigenvalue weighted by Gasteiger charge is -2.01. The van der Waals surface area contributed by atoms with E-state index in [0.29, 0.717) is 5.69 Å².